The smallest absolute Gasteiger partial charge is 0.185 e. The Labute approximate surface area is 205 Å². The number of aromatic nitrogens is 4. The Morgan fingerprint density at radius 2 is 1.37 bits per heavy atom. The molecule has 6 heteroatoms. The highest BCUT2D eigenvalue weighted by Crippen LogP contribution is 2.30. The molecule has 5 aromatic rings. The molecule has 0 N–H and O–H groups in total. The van der Waals surface area contributed by atoms with E-state index in [9.17, 15) is 0 Å². The summed E-state index contributed by atoms with van der Waals surface area (Å²) in [6.07, 6.45) is 0. The second-order valence-corrected chi connectivity index (χ2v) is 9.10. The second kappa shape index (κ2) is 9.31. The van der Waals surface area contributed by atoms with Gasteiger partial charge in [0.15, 0.2) is 11.5 Å². The average Bonchev–Trinajstić information content (AvgIpc) is 3.34. The van der Waals surface area contributed by atoms with Crippen LogP contribution < -0.4 is 4.90 Å². The Balaban J connectivity index is 1.25. The topological polar surface area (TPSA) is 49.6 Å². The Hall–Kier alpha value is -4.03. The van der Waals surface area contributed by atoms with Gasteiger partial charge in [-0.15, -0.1) is 15.3 Å². The van der Waals surface area contributed by atoms with E-state index >= 15 is 0 Å². The summed E-state index contributed by atoms with van der Waals surface area (Å²) >= 11 is 0. The molecule has 0 spiro atoms. The quantitative estimate of drug-likeness (QED) is 0.369. The molecule has 35 heavy (non-hydrogen) atoms. The van der Waals surface area contributed by atoms with Gasteiger partial charge in [-0.25, -0.2) is 0 Å². The lowest BCUT2D eigenvalue weighted by Crippen LogP contribution is -2.48. The van der Waals surface area contributed by atoms with Crippen LogP contribution in [0.3, 0.4) is 0 Å². The lowest BCUT2D eigenvalue weighted by Gasteiger charge is -2.40. The number of nitrogens with zero attached hydrogens (tertiary/aromatic N) is 6. The third-order valence-electron chi connectivity index (χ3n) is 6.76. The minimum Gasteiger partial charge on any atom is -0.353 e. The number of anilines is 1. The van der Waals surface area contributed by atoms with Gasteiger partial charge in [-0.05, 0) is 36.2 Å². The van der Waals surface area contributed by atoms with Crippen LogP contribution in [0.5, 0.6) is 0 Å². The molecule has 3 aromatic carbocycles. The van der Waals surface area contributed by atoms with Gasteiger partial charge in [0.2, 0.25) is 0 Å². The first-order chi connectivity index (χ1) is 17.3. The molecule has 3 heterocycles. The lowest BCUT2D eigenvalue weighted by molar-refractivity contribution is 0.212. The number of benzene rings is 3. The summed E-state index contributed by atoms with van der Waals surface area (Å²) in [6, 6.07) is 34.3. The number of hydrogen-bond donors (Lipinski definition) is 0. The molecule has 2 aromatic heterocycles. The van der Waals surface area contributed by atoms with Crippen LogP contribution in [-0.4, -0.2) is 50.9 Å². The van der Waals surface area contributed by atoms with Gasteiger partial charge in [0.25, 0.3) is 0 Å². The largest absolute Gasteiger partial charge is 0.353 e. The molecule has 0 bridgehead atoms. The van der Waals surface area contributed by atoms with Crippen LogP contribution in [0.2, 0.25) is 0 Å². The Kier molecular flexibility index (Phi) is 5.72. The number of fused-ring (bicyclic) bond motifs is 1. The third kappa shape index (κ3) is 4.29. The zero-order chi connectivity index (χ0) is 23.6. The molecule has 1 fully saturated rings. The van der Waals surface area contributed by atoms with Gasteiger partial charge in [0, 0.05) is 31.7 Å². The molecule has 1 aliphatic rings. The van der Waals surface area contributed by atoms with E-state index in [0.29, 0.717) is 0 Å². The Morgan fingerprint density at radius 3 is 2.03 bits per heavy atom. The predicted octanol–water partition coefficient (Wildman–Crippen LogP) is 5.01. The van der Waals surface area contributed by atoms with Crippen molar-refractivity contribution in [1.82, 2.24) is 24.7 Å². The van der Waals surface area contributed by atoms with E-state index in [-0.39, 0.29) is 6.04 Å². The van der Waals surface area contributed by atoms with Crippen molar-refractivity contribution in [3.63, 3.8) is 0 Å². The van der Waals surface area contributed by atoms with Gasteiger partial charge >= 0.3 is 0 Å². The first-order valence-electron chi connectivity index (χ1n) is 12.1. The van der Waals surface area contributed by atoms with E-state index in [2.05, 4.69) is 112 Å². The number of rotatable bonds is 5. The molecular formula is C29H28N6. The van der Waals surface area contributed by atoms with E-state index in [1.807, 2.05) is 16.6 Å². The van der Waals surface area contributed by atoms with Crippen molar-refractivity contribution in [2.24, 2.45) is 0 Å². The minimum atomic E-state index is 0.251. The van der Waals surface area contributed by atoms with E-state index in [4.69, 9.17) is 5.10 Å². The molecule has 174 valence electrons. The molecule has 0 amide bonds. The van der Waals surface area contributed by atoms with Crippen molar-refractivity contribution in [2.75, 3.05) is 31.1 Å². The standard InChI is InChI=1S/C29H28N6/c1-22-9-8-14-25(21-22)29-31-30-26-15-16-27(32-35(26)29)33-17-19-34(20-18-33)28(23-10-4-2-5-11-23)24-12-6-3-7-13-24/h2-16,21,28H,17-20H2,1H3. The summed E-state index contributed by atoms with van der Waals surface area (Å²) in [4.78, 5) is 4.94. The monoisotopic (exact) mass is 460 g/mol. The van der Waals surface area contributed by atoms with Gasteiger partial charge in [-0.3, -0.25) is 4.90 Å². The maximum absolute atomic E-state index is 4.95. The molecule has 6 rings (SSSR count). The van der Waals surface area contributed by atoms with Crippen molar-refractivity contribution in [1.29, 1.82) is 0 Å². The van der Waals surface area contributed by atoms with E-state index in [0.717, 1.165) is 49.0 Å². The number of hydrogen-bond acceptors (Lipinski definition) is 5. The Bertz CT molecular complexity index is 1380. The van der Waals surface area contributed by atoms with E-state index < -0.39 is 0 Å². The summed E-state index contributed by atoms with van der Waals surface area (Å²) < 4.78 is 1.87. The Morgan fingerprint density at radius 1 is 0.686 bits per heavy atom. The summed E-state index contributed by atoms with van der Waals surface area (Å²) in [5.74, 6) is 1.74. The fourth-order valence-electron chi connectivity index (χ4n) is 5.01. The molecular weight excluding hydrogens is 432 g/mol. The van der Waals surface area contributed by atoms with Crippen LogP contribution in [-0.2, 0) is 0 Å². The van der Waals surface area contributed by atoms with Gasteiger partial charge in [0.05, 0.1) is 6.04 Å². The molecule has 1 saturated heterocycles. The zero-order valence-corrected chi connectivity index (χ0v) is 19.8. The van der Waals surface area contributed by atoms with Crippen LogP contribution >= 0.6 is 0 Å². The van der Waals surface area contributed by atoms with Crippen LogP contribution in [0.4, 0.5) is 5.82 Å². The van der Waals surface area contributed by atoms with Crippen molar-refractivity contribution < 1.29 is 0 Å². The highest BCUT2D eigenvalue weighted by atomic mass is 15.4. The molecule has 6 nitrogen and oxygen atoms in total. The first kappa shape index (κ1) is 21.5. The normalized spacial score (nSPS) is 14.6. The van der Waals surface area contributed by atoms with Crippen molar-refractivity contribution in [3.05, 3.63) is 114 Å². The van der Waals surface area contributed by atoms with E-state index in [1.54, 1.807) is 0 Å². The zero-order valence-electron chi connectivity index (χ0n) is 19.8. The maximum atomic E-state index is 4.95. The highest BCUT2D eigenvalue weighted by Gasteiger charge is 2.27. The summed E-state index contributed by atoms with van der Waals surface area (Å²) in [5, 5.41) is 13.7. The van der Waals surface area contributed by atoms with Crippen LogP contribution in [0.25, 0.3) is 17.0 Å². The number of aryl methyl sites for hydroxylation is 1. The fourth-order valence-corrected chi connectivity index (χ4v) is 5.01. The van der Waals surface area contributed by atoms with Crippen LogP contribution in [0.1, 0.15) is 22.7 Å². The molecule has 0 radical (unpaired) electrons. The van der Waals surface area contributed by atoms with Gasteiger partial charge < -0.3 is 4.90 Å². The first-order valence-corrected chi connectivity index (χ1v) is 12.1. The summed E-state index contributed by atoms with van der Waals surface area (Å²) in [6.45, 7) is 5.83. The molecule has 0 saturated carbocycles. The lowest BCUT2D eigenvalue weighted by atomic mass is 9.96. The van der Waals surface area contributed by atoms with Crippen molar-refractivity contribution in [3.8, 4) is 11.4 Å². The van der Waals surface area contributed by atoms with Gasteiger partial charge in [-0.1, -0.05) is 84.4 Å². The highest BCUT2D eigenvalue weighted by molar-refractivity contribution is 5.60. The molecule has 0 unspecified atom stereocenters. The molecule has 0 atom stereocenters. The number of piperazine rings is 1. The van der Waals surface area contributed by atoms with Gasteiger partial charge in [-0.2, -0.15) is 4.52 Å². The van der Waals surface area contributed by atoms with Gasteiger partial charge in [0.1, 0.15) is 5.82 Å². The second-order valence-electron chi connectivity index (χ2n) is 9.10. The minimum absolute atomic E-state index is 0.251. The molecule has 1 aliphatic heterocycles. The van der Waals surface area contributed by atoms with Crippen molar-refractivity contribution in [2.45, 2.75) is 13.0 Å². The van der Waals surface area contributed by atoms with E-state index in [1.165, 1.54) is 16.7 Å². The summed E-state index contributed by atoms with van der Waals surface area (Å²) in [7, 11) is 0. The molecule has 0 aliphatic carbocycles. The van der Waals surface area contributed by atoms with Crippen LogP contribution in [0, 0.1) is 6.92 Å². The maximum Gasteiger partial charge on any atom is 0.185 e. The summed E-state index contributed by atoms with van der Waals surface area (Å²) in [5.41, 5.74) is 5.65. The van der Waals surface area contributed by atoms with Crippen molar-refractivity contribution >= 4 is 11.5 Å². The fraction of sp³-hybridized carbons (Fsp3) is 0.207. The SMILES string of the molecule is Cc1cccc(-c2nnc3ccc(N4CCN(C(c5ccccc5)c5ccccc5)CC4)nn23)c1. The average molecular weight is 461 g/mol. The van der Waals surface area contributed by atoms with Crippen LogP contribution in [0.15, 0.2) is 97.1 Å². The predicted molar refractivity (Wildman–Crippen MR) is 139 cm³/mol. The third-order valence-corrected chi connectivity index (χ3v) is 6.76.